The Morgan fingerprint density at radius 2 is 2.26 bits per heavy atom. The summed E-state index contributed by atoms with van der Waals surface area (Å²) in [4.78, 5) is 10.8. The average molecular weight is 261 g/mol. The smallest absolute Gasteiger partial charge is 0.335 e. The Labute approximate surface area is 113 Å². The lowest BCUT2D eigenvalue weighted by molar-refractivity contribution is 0.0697. The molecule has 0 aromatic heterocycles. The zero-order chi connectivity index (χ0) is 14.3. The highest BCUT2D eigenvalue weighted by Gasteiger charge is 2.09. The molecule has 0 radical (unpaired) electrons. The van der Waals surface area contributed by atoms with Crippen molar-refractivity contribution in [3.63, 3.8) is 0 Å². The van der Waals surface area contributed by atoms with Gasteiger partial charge in [-0.05, 0) is 37.0 Å². The number of benzene rings is 1. The van der Waals surface area contributed by atoms with E-state index >= 15 is 0 Å². The van der Waals surface area contributed by atoms with Crippen LogP contribution in [0.25, 0.3) is 0 Å². The molecular formula is C15H19NO3. The van der Waals surface area contributed by atoms with E-state index in [9.17, 15) is 4.79 Å². The van der Waals surface area contributed by atoms with Gasteiger partial charge in [0.05, 0.1) is 17.7 Å². The van der Waals surface area contributed by atoms with E-state index in [-0.39, 0.29) is 11.1 Å². The zero-order valence-corrected chi connectivity index (χ0v) is 11.3. The summed E-state index contributed by atoms with van der Waals surface area (Å²) < 4.78 is 5.54. The number of hydrogen-bond donors (Lipinski definition) is 1. The van der Waals surface area contributed by atoms with Crippen LogP contribution in [-0.4, -0.2) is 17.7 Å². The number of carboxylic acids is 1. The molecule has 4 nitrogen and oxygen atoms in total. The second-order valence-electron chi connectivity index (χ2n) is 4.63. The van der Waals surface area contributed by atoms with Crippen molar-refractivity contribution in [3.05, 3.63) is 29.3 Å². The van der Waals surface area contributed by atoms with E-state index in [0.717, 1.165) is 19.3 Å². The molecule has 1 N–H and O–H groups in total. The summed E-state index contributed by atoms with van der Waals surface area (Å²) in [5, 5.41) is 17.8. The molecule has 0 fully saturated rings. The summed E-state index contributed by atoms with van der Waals surface area (Å²) in [5.74, 6) is 0.0879. The number of rotatable bonds is 7. The first-order valence-electron chi connectivity index (χ1n) is 6.48. The van der Waals surface area contributed by atoms with E-state index in [2.05, 4.69) is 13.8 Å². The van der Waals surface area contributed by atoms with Gasteiger partial charge in [-0.25, -0.2) is 4.79 Å². The van der Waals surface area contributed by atoms with Crippen molar-refractivity contribution in [1.82, 2.24) is 0 Å². The second-order valence-corrected chi connectivity index (χ2v) is 4.63. The van der Waals surface area contributed by atoms with E-state index in [1.165, 1.54) is 12.1 Å². The van der Waals surface area contributed by atoms with E-state index in [4.69, 9.17) is 15.1 Å². The van der Waals surface area contributed by atoms with E-state index in [1.807, 2.05) is 6.07 Å². The molecule has 1 aromatic rings. The lowest BCUT2D eigenvalue weighted by Gasteiger charge is -2.10. The third-order valence-electron chi connectivity index (χ3n) is 3.14. The molecule has 1 aromatic carbocycles. The van der Waals surface area contributed by atoms with Crippen LogP contribution in [0.5, 0.6) is 5.75 Å². The molecule has 0 aliphatic carbocycles. The first-order valence-corrected chi connectivity index (χ1v) is 6.48. The van der Waals surface area contributed by atoms with Crippen molar-refractivity contribution < 1.29 is 14.6 Å². The highest BCUT2D eigenvalue weighted by atomic mass is 16.5. The minimum Gasteiger partial charge on any atom is -0.492 e. The molecule has 1 rings (SSSR count). The van der Waals surface area contributed by atoms with Gasteiger partial charge in [-0.3, -0.25) is 0 Å². The molecule has 0 saturated carbocycles. The quantitative estimate of drug-likeness (QED) is 0.763. The predicted molar refractivity (Wildman–Crippen MR) is 72.3 cm³/mol. The van der Waals surface area contributed by atoms with Crippen LogP contribution < -0.4 is 4.74 Å². The third kappa shape index (κ3) is 4.63. The molecule has 0 aliphatic rings. The molecule has 0 amide bonds. The number of carbonyl (C=O) groups is 1. The Bertz CT molecular complexity index is 477. The van der Waals surface area contributed by atoms with Crippen molar-refractivity contribution in [2.24, 2.45) is 5.92 Å². The maximum Gasteiger partial charge on any atom is 0.335 e. The van der Waals surface area contributed by atoms with Gasteiger partial charge >= 0.3 is 5.97 Å². The molecule has 1 unspecified atom stereocenters. The minimum atomic E-state index is -1.04. The standard InChI is InChI=1S/C15H19NO3/c1-3-11(2)5-4-8-19-14-7-6-12(15(17)18)9-13(14)10-16/h6-7,9,11H,3-5,8H2,1-2H3,(H,17,18). The third-order valence-corrected chi connectivity index (χ3v) is 3.14. The monoisotopic (exact) mass is 261 g/mol. The second kappa shape index (κ2) is 7.42. The molecule has 0 aliphatic heterocycles. The molecule has 0 heterocycles. The van der Waals surface area contributed by atoms with Crippen LogP contribution in [0.15, 0.2) is 18.2 Å². The summed E-state index contributed by atoms with van der Waals surface area (Å²) in [6.45, 7) is 4.90. The number of carboxylic acid groups (broad SMARTS) is 1. The van der Waals surface area contributed by atoms with Crippen LogP contribution in [0.1, 0.15) is 49.0 Å². The van der Waals surface area contributed by atoms with Crippen molar-refractivity contribution in [3.8, 4) is 11.8 Å². The molecule has 0 spiro atoms. The Kier molecular flexibility index (Phi) is 5.87. The highest BCUT2D eigenvalue weighted by Crippen LogP contribution is 2.20. The van der Waals surface area contributed by atoms with Gasteiger partial charge in [0.25, 0.3) is 0 Å². The van der Waals surface area contributed by atoms with E-state index in [0.29, 0.717) is 18.3 Å². The van der Waals surface area contributed by atoms with Crippen LogP contribution in [0, 0.1) is 17.2 Å². The predicted octanol–water partition coefficient (Wildman–Crippen LogP) is 3.46. The van der Waals surface area contributed by atoms with Gasteiger partial charge in [0, 0.05) is 0 Å². The van der Waals surface area contributed by atoms with Crippen LogP contribution >= 0.6 is 0 Å². The number of ether oxygens (including phenoxy) is 1. The summed E-state index contributed by atoms with van der Waals surface area (Å²) >= 11 is 0. The largest absolute Gasteiger partial charge is 0.492 e. The molecule has 1 atom stereocenters. The number of aromatic carboxylic acids is 1. The van der Waals surface area contributed by atoms with E-state index in [1.54, 1.807) is 6.07 Å². The fraction of sp³-hybridized carbons (Fsp3) is 0.467. The molecular weight excluding hydrogens is 242 g/mol. The fourth-order valence-electron chi connectivity index (χ4n) is 1.69. The lowest BCUT2D eigenvalue weighted by atomic mass is 10.0. The van der Waals surface area contributed by atoms with Crippen molar-refractivity contribution in [2.75, 3.05) is 6.61 Å². The summed E-state index contributed by atoms with van der Waals surface area (Å²) in [6.07, 6.45) is 3.17. The van der Waals surface area contributed by atoms with Gasteiger partial charge < -0.3 is 9.84 Å². The minimum absolute atomic E-state index is 0.100. The molecule has 4 heteroatoms. The van der Waals surface area contributed by atoms with Gasteiger partial charge in [0.1, 0.15) is 11.8 Å². The number of nitrogens with zero attached hydrogens (tertiary/aromatic N) is 1. The molecule has 19 heavy (non-hydrogen) atoms. The first-order chi connectivity index (χ1) is 9.08. The Balaban J connectivity index is 2.59. The first kappa shape index (κ1) is 15.0. The Morgan fingerprint density at radius 3 is 2.84 bits per heavy atom. The van der Waals surface area contributed by atoms with Crippen LogP contribution in [-0.2, 0) is 0 Å². The van der Waals surface area contributed by atoms with Crippen LogP contribution in [0.3, 0.4) is 0 Å². The highest BCUT2D eigenvalue weighted by molar-refractivity contribution is 5.88. The molecule has 0 bridgehead atoms. The van der Waals surface area contributed by atoms with Gasteiger partial charge in [-0.1, -0.05) is 20.3 Å². The Hall–Kier alpha value is -2.02. The van der Waals surface area contributed by atoms with Crippen LogP contribution in [0.4, 0.5) is 0 Å². The van der Waals surface area contributed by atoms with Crippen molar-refractivity contribution in [2.45, 2.75) is 33.1 Å². The topological polar surface area (TPSA) is 70.3 Å². The molecule has 0 saturated heterocycles. The number of hydrogen-bond acceptors (Lipinski definition) is 3. The van der Waals surface area contributed by atoms with Crippen molar-refractivity contribution >= 4 is 5.97 Å². The fourth-order valence-corrected chi connectivity index (χ4v) is 1.69. The van der Waals surface area contributed by atoms with Crippen molar-refractivity contribution in [1.29, 1.82) is 5.26 Å². The maximum atomic E-state index is 10.8. The van der Waals surface area contributed by atoms with Gasteiger partial charge in [-0.15, -0.1) is 0 Å². The SMILES string of the molecule is CCC(C)CCCOc1ccc(C(=O)O)cc1C#N. The summed E-state index contributed by atoms with van der Waals surface area (Å²) in [7, 11) is 0. The summed E-state index contributed by atoms with van der Waals surface area (Å²) in [5.41, 5.74) is 0.368. The van der Waals surface area contributed by atoms with E-state index < -0.39 is 5.97 Å². The van der Waals surface area contributed by atoms with Gasteiger partial charge in [0.15, 0.2) is 0 Å². The lowest BCUT2D eigenvalue weighted by Crippen LogP contribution is -2.03. The Morgan fingerprint density at radius 1 is 1.53 bits per heavy atom. The summed E-state index contributed by atoms with van der Waals surface area (Å²) in [6, 6.07) is 6.30. The normalized spacial score (nSPS) is 11.6. The maximum absolute atomic E-state index is 10.8. The average Bonchev–Trinajstić information content (AvgIpc) is 2.42. The van der Waals surface area contributed by atoms with Crippen LogP contribution in [0.2, 0.25) is 0 Å². The van der Waals surface area contributed by atoms with Gasteiger partial charge in [-0.2, -0.15) is 5.26 Å². The number of nitriles is 1. The molecule has 102 valence electrons. The zero-order valence-electron chi connectivity index (χ0n) is 11.3. The van der Waals surface area contributed by atoms with Gasteiger partial charge in [0.2, 0.25) is 0 Å².